The number of halogens is 1. The Morgan fingerprint density at radius 1 is 1.35 bits per heavy atom. The Kier molecular flexibility index (Phi) is 4.47. The Bertz CT molecular complexity index is 677. The highest BCUT2D eigenvalue weighted by atomic mass is 35.5. The largest absolute Gasteiger partial charge is 0.344 e. The Balaban J connectivity index is 1.61. The fourth-order valence-corrected chi connectivity index (χ4v) is 2.68. The van der Waals surface area contributed by atoms with Crippen molar-refractivity contribution in [3.8, 4) is 0 Å². The normalized spacial score (nSPS) is 15.7. The van der Waals surface area contributed by atoms with Crippen molar-refractivity contribution < 1.29 is 9.32 Å². The van der Waals surface area contributed by atoms with E-state index in [0.717, 1.165) is 12.8 Å². The van der Waals surface area contributed by atoms with E-state index in [1.165, 1.54) is 6.20 Å². The molecule has 2 aromatic heterocycles. The van der Waals surface area contributed by atoms with Gasteiger partial charge in [0.2, 0.25) is 5.89 Å². The van der Waals surface area contributed by atoms with Crippen LogP contribution >= 0.6 is 11.6 Å². The molecule has 0 aromatic carbocycles. The van der Waals surface area contributed by atoms with Crippen LogP contribution in [-0.4, -0.2) is 53.1 Å². The maximum atomic E-state index is 12.4. The smallest absolute Gasteiger partial charge is 0.272 e. The topological polar surface area (TPSA) is 75.4 Å². The minimum absolute atomic E-state index is 0.0698. The number of carbonyl (C=O) groups excluding carboxylic acids is 1. The van der Waals surface area contributed by atoms with Crippen LogP contribution in [0.3, 0.4) is 0 Å². The second-order valence-electron chi connectivity index (χ2n) is 5.76. The van der Waals surface area contributed by atoms with Crippen molar-refractivity contribution >= 4 is 23.5 Å². The molecule has 0 spiro atoms. The van der Waals surface area contributed by atoms with E-state index in [2.05, 4.69) is 15.1 Å². The fourth-order valence-electron chi connectivity index (χ4n) is 2.57. The number of piperidine rings is 1. The molecule has 0 radical (unpaired) electrons. The number of aromatic nitrogens is 3. The molecule has 1 saturated heterocycles. The molecule has 0 bridgehead atoms. The van der Waals surface area contributed by atoms with Gasteiger partial charge in [0.15, 0.2) is 0 Å². The summed E-state index contributed by atoms with van der Waals surface area (Å²) in [7, 11) is 3.74. The zero-order valence-corrected chi connectivity index (χ0v) is 13.8. The van der Waals surface area contributed by atoms with E-state index < -0.39 is 0 Å². The summed E-state index contributed by atoms with van der Waals surface area (Å²) in [5, 5.41) is 4.46. The van der Waals surface area contributed by atoms with Gasteiger partial charge in [-0.25, -0.2) is 4.98 Å². The number of amides is 1. The monoisotopic (exact) mass is 335 g/mol. The highest BCUT2D eigenvalue weighted by Gasteiger charge is 2.28. The summed E-state index contributed by atoms with van der Waals surface area (Å²) in [6.07, 6.45) is 3.09. The number of hydrogen-bond donors (Lipinski definition) is 0. The van der Waals surface area contributed by atoms with Crippen LogP contribution in [0.1, 0.15) is 35.1 Å². The van der Waals surface area contributed by atoms with Crippen LogP contribution in [0.2, 0.25) is 5.02 Å². The van der Waals surface area contributed by atoms with Gasteiger partial charge in [0.25, 0.3) is 11.9 Å². The third-order valence-electron chi connectivity index (χ3n) is 3.91. The number of hydrogen-bond acceptors (Lipinski definition) is 6. The Hall–Kier alpha value is -2.15. The first-order chi connectivity index (χ1) is 11.0. The predicted molar refractivity (Wildman–Crippen MR) is 85.8 cm³/mol. The molecule has 3 rings (SSSR count). The minimum Gasteiger partial charge on any atom is -0.344 e. The van der Waals surface area contributed by atoms with Gasteiger partial charge in [0, 0.05) is 39.3 Å². The molecule has 2 aromatic rings. The van der Waals surface area contributed by atoms with Gasteiger partial charge >= 0.3 is 0 Å². The van der Waals surface area contributed by atoms with Gasteiger partial charge in [-0.3, -0.25) is 4.79 Å². The molecule has 0 aliphatic carbocycles. The molecule has 1 aliphatic heterocycles. The average Bonchev–Trinajstić information content (AvgIpc) is 3.05. The summed E-state index contributed by atoms with van der Waals surface area (Å²) >= 11 is 5.80. The molecule has 0 unspecified atom stereocenters. The lowest BCUT2D eigenvalue weighted by Gasteiger charge is -2.30. The predicted octanol–water partition coefficient (Wildman–Crippen LogP) is 2.20. The van der Waals surface area contributed by atoms with Gasteiger partial charge in [-0.1, -0.05) is 11.6 Å². The number of carbonyl (C=O) groups is 1. The lowest BCUT2D eigenvalue weighted by Crippen LogP contribution is -2.38. The van der Waals surface area contributed by atoms with Gasteiger partial charge in [-0.2, -0.15) is 4.98 Å². The van der Waals surface area contributed by atoms with E-state index in [-0.39, 0.29) is 11.8 Å². The molecule has 0 saturated carbocycles. The third kappa shape index (κ3) is 3.44. The highest BCUT2D eigenvalue weighted by Crippen LogP contribution is 2.28. The molecule has 1 fully saturated rings. The lowest BCUT2D eigenvalue weighted by molar-refractivity contribution is 0.0698. The van der Waals surface area contributed by atoms with Crippen LogP contribution in [0.25, 0.3) is 0 Å². The maximum absolute atomic E-state index is 12.4. The zero-order valence-electron chi connectivity index (χ0n) is 13.1. The quantitative estimate of drug-likeness (QED) is 0.856. The van der Waals surface area contributed by atoms with Gasteiger partial charge < -0.3 is 14.3 Å². The van der Waals surface area contributed by atoms with Crippen LogP contribution < -0.4 is 4.90 Å². The first-order valence-electron chi connectivity index (χ1n) is 7.46. The Labute approximate surface area is 139 Å². The van der Waals surface area contributed by atoms with E-state index in [1.54, 1.807) is 21.9 Å². The second-order valence-corrected chi connectivity index (χ2v) is 6.19. The Morgan fingerprint density at radius 3 is 2.65 bits per heavy atom. The van der Waals surface area contributed by atoms with E-state index in [9.17, 15) is 4.79 Å². The van der Waals surface area contributed by atoms with Crippen molar-refractivity contribution in [2.24, 2.45) is 0 Å². The molecule has 3 heterocycles. The number of nitrogens with zero attached hydrogens (tertiary/aromatic N) is 5. The van der Waals surface area contributed by atoms with Crippen LogP contribution in [0.15, 0.2) is 22.9 Å². The molecule has 1 amide bonds. The van der Waals surface area contributed by atoms with Crippen molar-refractivity contribution in [1.29, 1.82) is 0 Å². The second kappa shape index (κ2) is 6.54. The third-order valence-corrected chi connectivity index (χ3v) is 4.13. The molecule has 0 N–H and O–H groups in total. The first-order valence-corrected chi connectivity index (χ1v) is 7.84. The summed E-state index contributed by atoms with van der Waals surface area (Å²) < 4.78 is 5.33. The summed E-state index contributed by atoms with van der Waals surface area (Å²) in [4.78, 5) is 24.5. The molecule has 0 atom stereocenters. The van der Waals surface area contributed by atoms with Crippen LogP contribution in [0.4, 0.5) is 5.95 Å². The summed E-state index contributed by atoms with van der Waals surface area (Å²) in [6.45, 7) is 1.29. The minimum atomic E-state index is -0.0698. The molecule has 122 valence electrons. The number of pyridine rings is 1. The van der Waals surface area contributed by atoms with Crippen LogP contribution in [-0.2, 0) is 0 Å². The zero-order chi connectivity index (χ0) is 16.4. The van der Waals surface area contributed by atoms with E-state index in [1.807, 2.05) is 14.1 Å². The SMILES string of the molecule is CN(C)c1noc(C2CCN(C(=O)c3ccc(Cl)cn3)CC2)n1. The van der Waals surface area contributed by atoms with Gasteiger partial charge in [-0.05, 0) is 30.1 Å². The van der Waals surface area contributed by atoms with Crippen LogP contribution in [0.5, 0.6) is 0 Å². The first kappa shape index (κ1) is 15.7. The standard InChI is InChI=1S/C15H18ClN5O2/c1-20(2)15-18-13(23-19-15)10-5-7-21(8-6-10)14(22)12-4-3-11(16)9-17-12/h3-4,9-10H,5-8H2,1-2H3. The van der Waals surface area contributed by atoms with Crippen molar-refractivity contribution in [3.05, 3.63) is 34.9 Å². The van der Waals surface area contributed by atoms with Crippen molar-refractivity contribution in [3.63, 3.8) is 0 Å². The Morgan fingerprint density at radius 2 is 2.09 bits per heavy atom. The van der Waals surface area contributed by atoms with Gasteiger partial charge in [0.1, 0.15) is 5.69 Å². The van der Waals surface area contributed by atoms with Crippen molar-refractivity contribution in [1.82, 2.24) is 20.0 Å². The summed E-state index contributed by atoms with van der Waals surface area (Å²) in [6, 6.07) is 3.33. The van der Waals surface area contributed by atoms with E-state index in [4.69, 9.17) is 16.1 Å². The highest BCUT2D eigenvalue weighted by molar-refractivity contribution is 6.30. The number of anilines is 1. The molecule has 8 heteroatoms. The lowest BCUT2D eigenvalue weighted by atomic mass is 9.96. The van der Waals surface area contributed by atoms with Gasteiger partial charge in [-0.15, -0.1) is 0 Å². The van der Waals surface area contributed by atoms with E-state index in [0.29, 0.717) is 35.6 Å². The van der Waals surface area contributed by atoms with Crippen molar-refractivity contribution in [2.45, 2.75) is 18.8 Å². The molecule has 7 nitrogen and oxygen atoms in total. The number of rotatable bonds is 3. The van der Waals surface area contributed by atoms with E-state index >= 15 is 0 Å². The fraction of sp³-hybridized carbons (Fsp3) is 0.467. The van der Waals surface area contributed by atoms with Gasteiger partial charge in [0.05, 0.1) is 5.02 Å². The molecule has 23 heavy (non-hydrogen) atoms. The van der Waals surface area contributed by atoms with Crippen LogP contribution in [0, 0.1) is 0 Å². The maximum Gasteiger partial charge on any atom is 0.272 e. The molecular weight excluding hydrogens is 318 g/mol. The molecular formula is C15H18ClN5O2. The molecule has 1 aliphatic rings. The summed E-state index contributed by atoms with van der Waals surface area (Å²) in [5.74, 6) is 1.34. The van der Waals surface area contributed by atoms with Crippen molar-refractivity contribution in [2.75, 3.05) is 32.1 Å². The average molecular weight is 336 g/mol. The number of likely N-dealkylation sites (tertiary alicyclic amines) is 1. The summed E-state index contributed by atoms with van der Waals surface area (Å²) in [5.41, 5.74) is 0.417.